The van der Waals surface area contributed by atoms with Gasteiger partial charge in [0.1, 0.15) is 0 Å². The molecule has 3 atom stereocenters. The van der Waals surface area contributed by atoms with Gasteiger partial charge in [0, 0.05) is 28.4 Å². The number of rotatable bonds is 4. The topological polar surface area (TPSA) is 38.5 Å². The van der Waals surface area contributed by atoms with Crippen LogP contribution in [0.4, 0.5) is 0 Å². The number of likely N-dealkylation sites (N-methyl/N-ethyl adjacent to an activating group) is 1. The Hall–Kier alpha value is -0.420. The zero-order chi connectivity index (χ0) is 12.4. The lowest BCUT2D eigenvalue weighted by Gasteiger charge is -2.34. The molecule has 0 amide bonds. The average molecular weight is 254 g/mol. The van der Waals surface area contributed by atoms with E-state index in [9.17, 15) is 0 Å². The van der Waals surface area contributed by atoms with E-state index in [1.165, 1.54) is 9.75 Å². The molecule has 3 unspecified atom stereocenters. The van der Waals surface area contributed by atoms with Gasteiger partial charge in [0.2, 0.25) is 0 Å². The monoisotopic (exact) mass is 254 g/mol. The van der Waals surface area contributed by atoms with Gasteiger partial charge in [-0.1, -0.05) is 0 Å². The zero-order valence-corrected chi connectivity index (χ0v) is 11.7. The molecule has 1 aliphatic heterocycles. The maximum Gasteiger partial charge on any atom is 0.0622 e. The highest BCUT2D eigenvalue weighted by Gasteiger charge is 2.30. The van der Waals surface area contributed by atoms with Crippen molar-refractivity contribution in [2.24, 2.45) is 5.73 Å². The number of nitrogens with zero attached hydrogens (tertiary/aromatic N) is 1. The largest absolute Gasteiger partial charge is 0.380 e. The first-order valence-corrected chi connectivity index (χ1v) is 7.03. The third-order valence-corrected chi connectivity index (χ3v) is 4.54. The molecular weight excluding hydrogens is 232 g/mol. The molecule has 2 N–H and O–H groups in total. The Balaban J connectivity index is 2.16. The third-order valence-electron chi connectivity index (χ3n) is 3.47. The maximum absolute atomic E-state index is 6.17. The summed E-state index contributed by atoms with van der Waals surface area (Å²) in [7, 11) is 2.17. The molecule has 1 fully saturated rings. The third kappa shape index (κ3) is 2.88. The molecule has 0 saturated carbocycles. The molecule has 1 aromatic rings. The van der Waals surface area contributed by atoms with Gasteiger partial charge in [-0.05, 0) is 39.4 Å². The van der Waals surface area contributed by atoms with Crippen molar-refractivity contribution in [2.75, 3.05) is 20.3 Å². The summed E-state index contributed by atoms with van der Waals surface area (Å²) in [4.78, 5) is 5.11. The molecule has 2 heterocycles. The lowest BCUT2D eigenvalue weighted by molar-refractivity contribution is 0.124. The SMILES string of the molecule is Cc1ccc(C(C(C)N)N(C)C2CCOC2)s1. The Bertz CT molecular complexity index is 358. The fourth-order valence-electron chi connectivity index (χ4n) is 2.51. The highest BCUT2D eigenvalue weighted by molar-refractivity contribution is 7.12. The summed E-state index contributed by atoms with van der Waals surface area (Å²) >= 11 is 1.85. The fourth-order valence-corrected chi connectivity index (χ4v) is 3.66. The van der Waals surface area contributed by atoms with Crippen molar-refractivity contribution in [1.82, 2.24) is 4.90 Å². The predicted octanol–water partition coefficient (Wildman–Crippen LogP) is 2.17. The Morgan fingerprint density at radius 1 is 1.53 bits per heavy atom. The van der Waals surface area contributed by atoms with E-state index >= 15 is 0 Å². The first-order valence-electron chi connectivity index (χ1n) is 6.21. The molecule has 0 radical (unpaired) electrons. The van der Waals surface area contributed by atoms with Crippen LogP contribution >= 0.6 is 11.3 Å². The van der Waals surface area contributed by atoms with Gasteiger partial charge >= 0.3 is 0 Å². The molecule has 96 valence electrons. The van der Waals surface area contributed by atoms with Crippen molar-refractivity contribution in [3.05, 3.63) is 21.9 Å². The van der Waals surface area contributed by atoms with Crippen LogP contribution in [0.1, 0.15) is 29.1 Å². The first kappa shape index (κ1) is 13.0. The second kappa shape index (κ2) is 5.48. The van der Waals surface area contributed by atoms with E-state index in [1.54, 1.807) is 0 Å². The summed E-state index contributed by atoms with van der Waals surface area (Å²) in [6.07, 6.45) is 1.12. The van der Waals surface area contributed by atoms with Crippen molar-refractivity contribution < 1.29 is 4.74 Å². The number of hydrogen-bond acceptors (Lipinski definition) is 4. The summed E-state index contributed by atoms with van der Waals surface area (Å²) in [5.74, 6) is 0. The van der Waals surface area contributed by atoms with Gasteiger partial charge in [-0.2, -0.15) is 0 Å². The number of thiophene rings is 1. The molecule has 1 saturated heterocycles. The fraction of sp³-hybridized carbons (Fsp3) is 0.692. The van der Waals surface area contributed by atoms with Crippen LogP contribution < -0.4 is 5.73 Å². The van der Waals surface area contributed by atoms with Gasteiger partial charge in [0.25, 0.3) is 0 Å². The minimum Gasteiger partial charge on any atom is -0.380 e. The molecule has 2 rings (SSSR count). The van der Waals surface area contributed by atoms with Crippen LogP contribution in [0.25, 0.3) is 0 Å². The van der Waals surface area contributed by atoms with E-state index in [-0.39, 0.29) is 6.04 Å². The predicted molar refractivity (Wildman–Crippen MR) is 72.4 cm³/mol. The summed E-state index contributed by atoms with van der Waals surface area (Å²) in [5, 5.41) is 0. The molecule has 1 aromatic heterocycles. The lowest BCUT2D eigenvalue weighted by atomic mass is 10.0. The summed E-state index contributed by atoms with van der Waals surface area (Å²) in [6, 6.07) is 5.33. The Labute approximate surface area is 108 Å². The summed E-state index contributed by atoms with van der Waals surface area (Å²) in [6.45, 7) is 5.95. The van der Waals surface area contributed by atoms with Crippen LogP contribution in [0.5, 0.6) is 0 Å². The van der Waals surface area contributed by atoms with Crippen molar-refractivity contribution >= 4 is 11.3 Å². The molecule has 0 spiro atoms. The molecule has 0 aromatic carbocycles. The van der Waals surface area contributed by atoms with Crippen molar-refractivity contribution in [1.29, 1.82) is 0 Å². The van der Waals surface area contributed by atoms with Gasteiger partial charge in [-0.3, -0.25) is 4.90 Å². The number of nitrogens with two attached hydrogens (primary N) is 1. The van der Waals surface area contributed by atoms with Crippen molar-refractivity contribution in [3.8, 4) is 0 Å². The van der Waals surface area contributed by atoms with Crippen LogP contribution in [-0.2, 0) is 4.74 Å². The Kier molecular flexibility index (Phi) is 4.20. The van der Waals surface area contributed by atoms with Gasteiger partial charge in [-0.15, -0.1) is 11.3 Å². The van der Waals surface area contributed by atoms with Gasteiger partial charge in [0.05, 0.1) is 12.6 Å². The van der Waals surface area contributed by atoms with Crippen LogP contribution in [0.3, 0.4) is 0 Å². The van der Waals surface area contributed by atoms with Crippen molar-refractivity contribution in [3.63, 3.8) is 0 Å². The van der Waals surface area contributed by atoms with E-state index < -0.39 is 0 Å². The molecular formula is C13H22N2OS. The van der Waals surface area contributed by atoms with E-state index in [4.69, 9.17) is 10.5 Å². The van der Waals surface area contributed by atoms with E-state index in [0.717, 1.165) is 19.6 Å². The molecule has 4 heteroatoms. The second-order valence-corrected chi connectivity index (χ2v) is 6.25. The highest BCUT2D eigenvalue weighted by atomic mass is 32.1. The highest BCUT2D eigenvalue weighted by Crippen LogP contribution is 2.31. The number of aryl methyl sites for hydroxylation is 1. The van der Waals surface area contributed by atoms with E-state index in [2.05, 4.69) is 37.9 Å². The van der Waals surface area contributed by atoms with Crippen molar-refractivity contribution in [2.45, 2.75) is 38.4 Å². The van der Waals surface area contributed by atoms with Crippen LogP contribution in [0.15, 0.2) is 12.1 Å². The van der Waals surface area contributed by atoms with E-state index in [0.29, 0.717) is 12.1 Å². The average Bonchev–Trinajstić information content (AvgIpc) is 2.88. The standard InChI is InChI=1S/C13H22N2OS/c1-9-4-5-12(17-9)13(10(2)14)15(3)11-6-7-16-8-11/h4-5,10-11,13H,6-8,14H2,1-3H3. The lowest BCUT2D eigenvalue weighted by Crippen LogP contribution is -2.42. The van der Waals surface area contributed by atoms with Crippen LogP contribution in [0, 0.1) is 6.92 Å². The minimum absolute atomic E-state index is 0.138. The second-order valence-electron chi connectivity index (χ2n) is 4.94. The number of ether oxygens (including phenoxy) is 1. The summed E-state index contributed by atoms with van der Waals surface area (Å²) < 4.78 is 5.47. The smallest absolute Gasteiger partial charge is 0.0622 e. The molecule has 0 aliphatic carbocycles. The van der Waals surface area contributed by atoms with Gasteiger partial charge in [0.15, 0.2) is 0 Å². The van der Waals surface area contributed by atoms with Gasteiger partial charge in [-0.25, -0.2) is 0 Å². The van der Waals surface area contributed by atoms with Crippen LogP contribution in [-0.4, -0.2) is 37.2 Å². The summed E-state index contributed by atoms with van der Waals surface area (Å²) in [5.41, 5.74) is 6.17. The molecule has 1 aliphatic rings. The van der Waals surface area contributed by atoms with E-state index in [1.807, 2.05) is 11.3 Å². The molecule has 17 heavy (non-hydrogen) atoms. The minimum atomic E-state index is 0.138. The normalized spacial score (nSPS) is 24.2. The maximum atomic E-state index is 6.17. The zero-order valence-electron chi connectivity index (χ0n) is 10.8. The molecule has 0 bridgehead atoms. The van der Waals surface area contributed by atoms with Gasteiger partial charge < -0.3 is 10.5 Å². The van der Waals surface area contributed by atoms with Crippen LogP contribution in [0.2, 0.25) is 0 Å². The molecule has 3 nitrogen and oxygen atoms in total. The Morgan fingerprint density at radius 3 is 2.76 bits per heavy atom. The quantitative estimate of drug-likeness (QED) is 0.895. The Morgan fingerprint density at radius 2 is 2.29 bits per heavy atom. The number of hydrogen-bond donors (Lipinski definition) is 1. The first-order chi connectivity index (χ1) is 8.09.